The molecule has 1 fully saturated rings. The first-order valence-corrected chi connectivity index (χ1v) is 7.27. The highest BCUT2D eigenvalue weighted by Crippen LogP contribution is 2.25. The van der Waals surface area contributed by atoms with E-state index in [9.17, 15) is 5.11 Å². The van der Waals surface area contributed by atoms with E-state index in [4.69, 9.17) is 0 Å². The van der Waals surface area contributed by atoms with Gasteiger partial charge in [-0.05, 0) is 25.3 Å². The van der Waals surface area contributed by atoms with Gasteiger partial charge < -0.3 is 15.3 Å². The Morgan fingerprint density at radius 1 is 1.47 bits per heavy atom. The van der Waals surface area contributed by atoms with Gasteiger partial charge >= 0.3 is 0 Å². The molecule has 0 amide bonds. The van der Waals surface area contributed by atoms with Crippen LogP contribution in [0.5, 0.6) is 0 Å². The van der Waals surface area contributed by atoms with Crippen molar-refractivity contribution in [1.82, 2.24) is 10.3 Å². The minimum atomic E-state index is 0.216. The standard InChI is InChI=1S/C15H25N3O/c1-12(2)17-10-13-6-5-8-16-15(13)18-9-4-3-7-14(18)11-19/h5-6,8,12,14,17,19H,3-4,7,9-11H2,1-2H3. The van der Waals surface area contributed by atoms with Crippen molar-refractivity contribution >= 4 is 5.82 Å². The van der Waals surface area contributed by atoms with Crippen molar-refractivity contribution in [2.45, 2.75) is 51.7 Å². The molecule has 1 aromatic heterocycles. The highest BCUT2D eigenvalue weighted by molar-refractivity contribution is 5.48. The zero-order chi connectivity index (χ0) is 13.7. The van der Waals surface area contributed by atoms with Crippen LogP contribution in [0.15, 0.2) is 18.3 Å². The quantitative estimate of drug-likeness (QED) is 0.852. The van der Waals surface area contributed by atoms with Gasteiger partial charge in [-0.1, -0.05) is 19.9 Å². The molecule has 0 saturated carbocycles. The fraction of sp³-hybridized carbons (Fsp3) is 0.667. The summed E-state index contributed by atoms with van der Waals surface area (Å²) in [5.41, 5.74) is 1.22. The topological polar surface area (TPSA) is 48.4 Å². The molecule has 0 spiro atoms. The smallest absolute Gasteiger partial charge is 0.133 e. The molecule has 0 aliphatic carbocycles. The number of rotatable bonds is 5. The lowest BCUT2D eigenvalue weighted by Crippen LogP contribution is -2.43. The first kappa shape index (κ1) is 14.3. The molecule has 1 aromatic rings. The lowest BCUT2D eigenvalue weighted by molar-refractivity contribution is 0.239. The van der Waals surface area contributed by atoms with Crippen LogP contribution < -0.4 is 10.2 Å². The van der Waals surface area contributed by atoms with Crippen molar-refractivity contribution < 1.29 is 5.11 Å². The second-order valence-corrected chi connectivity index (χ2v) is 5.55. The van der Waals surface area contributed by atoms with Crippen LogP contribution in [0.2, 0.25) is 0 Å². The van der Waals surface area contributed by atoms with E-state index in [-0.39, 0.29) is 12.6 Å². The third kappa shape index (κ3) is 3.67. The van der Waals surface area contributed by atoms with E-state index >= 15 is 0 Å². The maximum Gasteiger partial charge on any atom is 0.133 e. The third-order valence-electron chi connectivity index (χ3n) is 3.68. The van der Waals surface area contributed by atoms with Crippen LogP contribution in [-0.2, 0) is 6.54 Å². The Morgan fingerprint density at radius 3 is 3.05 bits per heavy atom. The van der Waals surface area contributed by atoms with Gasteiger partial charge in [0.2, 0.25) is 0 Å². The summed E-state index contributed by atoms with van der Waals surface area (Å²) < 4.78 is 0. The SMILES string of the molecule is CC(C)NCc1cccnc1N1CCCCC1CO. The summed E-state index contributed by atoms with van der Waals surface area (Å²) in [6.07, 6.45) is 5.29. The lowest BCUT2D eigenvalue weighted by Gasteiger charge is -2.36. The van der Waals surface area contributed by atoms with E-state index in [1.807, 2.05) is 12.3 Å². The van der Waals surface area contributed by atoms with Crippen molar-refractivity contribution in [3.8, 4) is 0 Å². The number of nitrogens with zero attached hydrogens (tertiary/aromatic N) is 2. The summed E-state index contributed by atoms with van der Waals surface area (Å²) in [6, 6.07) is 4.80. The second-order valence-electron chi connectivity index (χ2n) is 5.55. The first-order valence-electron chi connectivity index (χ1n) is 7.27. The lowest BCUT2D eigenvalue weighted by atomic mass is 10.0. The van der Waals surface area contributed by atoms with Gasteiger partial charge in [-0.25, -0.2) is 4.98 Å². The van der Waals surface area contributed by atoms with Gasteiger partial charge in [-0.15, -0.1) is 0 Å². The van der Waals surface area contributed by atoms with E-state index in [0.717, 1.165) is 25.3 Å². The zero-order valence-electron chi connectivity index (χ0n) is 12.0. The summed E-state index contributed by atoms with van der Waals surface area (Å²) in [5.74, 6) is 1.04. The average Bonchev–Trinajstić information content (AvgIpc) is 2.45. The molecule has 1 unspecified atom stereocenters. The molecule has 4 nitrogen and oxygen atoms in total. The van der Waals surface area contributed by atoms with Gasteiger partial charge in [-0.3, -0.25) is 0 Å². The largest absolute Gasteiger partial charge is 0.394 e. The zero-order valence-corrected chi connectivity index (χ0v) is 12.0. The molecule has 19 heavy (non-hydrogen) atoms. The van der Waals surface area contributed by atoms with Gasteiger partial charge in [0.25, 0.3) is 0 Å². The van der Waals surface area contributed by atoms with Gasteiger partial charge in [-0.2, -0.15) is 0 Å². The van der Waals surface area contributed by atoms with Gasteiger partial charge in [0.15, 0.2) is 0 Å². The van der Waals surface area contributed by atoms with Crippen molar-refractivity contribution in [3.63, 3.8) is 0 Å². The molecule has 2 rings (SSSR count). The van der Waals surface area contributed by atoms with Crippen LogP contribution in [0, 0.1) is 0 Å². The van der Waals surface area contributed by atoms with Gasteiger partial charge in [0, 0.05) is 30.9 Å². The first-order chi connectivity index (χ1) is 9.22. The summed E-state index contributed by atoms with van der Waals surface area (Å²) in [6.45, 7) is 6.33. The minimum Gasteiger partial charge on any atom is -0.394 e. The van der Waals surface area contributed by atoms with E-state index in [1.165, 1.54) is 18.4 Å². The third-order valence-corrected chi connectivity index (χ3v) is 3.68. The monoisotopic (exact) mass is 263 g/mol. The van der Waals surface area contributed by atoms with E-state index < -0.39 is 0 Å². The normalized spacial score (nSPS) is 20.0. The number of hydrogen-bond donors (Lipinski definition) is 2. The molecule has 1 aliphatic heterocycles. The fourth-order valence-corrected chi connectivity index (χ4v) is 2.61. The molecule has 4 heteroatoms. The second kappa shape index (κ2) is 6.87. The Bertz CT molecular complexity index is 395. The van der Waals surface area contributed by atoms with Crippen LogP contribution in [0.1, 0.15) is 38.7 Å². The molecule has 1 aliphatic rings. The van der Waals surface area contributed by atoms with Crippen LogP contribution in [0.25, 0.3) is 0 Å². The Morgan fingerprint density at radius 2 is 2.32 bits per heavy atom. The predicted molar refractivity (Wildman–Crippen MR) is 78.3 cm³/mol. The number of aromatic nitrogens is 1. The number of hydrogen-bond acceptors (Lipinski definition) is 4. The summed E-state index contributed by atoms with van der Waals surface area (Å²) in [5, 5.41) is 13.0. The summed E-state index contributed by atoms with van der Waals surface area (Å²) in [7, 11) is 0. The van der Waals surface area contributed by atoms with Crippen LogP contribution >= 0.6 is 0 Å². The molecule has 1 atom stereocenters. The number of anilines is 1. The van der Waals surface area contributed by atoms with E-state index in [2.05, 4.69) is 35.1 Å². The highest BCUT2D eigenvalue weighted by Gasteiger charge is 2.24. The van der Waals surface area contributed by atoms with E-state index in [1.54, 1.807) is 0 Å². The van der Waals surface area contributed by atoms with Crippen LogP contribution in [0.3, 0.4) is 0 Å². The Labute approximate surface area is 115 Å². The molecule has 0 bridgehead atoms. The number of aliphatic hydroxyl groups excluding tert-OH is 1. The van der Waals surface area contributed by atoms with Gasteiger partial charge in [0.05, 0.1) is 12.6 Å². The molecule has 2 heterocycles. The van der Waals surface area contributed by atoms with Crippen molar-refractivity contribution in [1.29, 1.82) is 0 Å². The molecular formula is C15H25N3O. The van der Waals surface area contributed by atoms with E-state index in [0.29, 0.717) is 6.04 Å². The Balaban J connectivity index is 2.17. The number of pyridine rings is 1. The predicted octanol–water partition coefficient (Wildman–Crippen LogP) is 1.93. The Hall–Kier alpha value is -1.13. The molecular weight excluding hydrogens is 238 g/mol. The maximum absolute atomic E-state index is 9.55. The molecule has 106 valence electrons. The molecule has 0 aromatic carbocycles. The van der Waals surface area contributed by atoms with Crippen molar-refractivity contribution in [2.24, 2.45) is 0 Å². The van der Waals surface area contributed by atoms with Crippen LogP contribution in [0.4, 0.5) is 5.82 Å². The fourth-order valence-electron chi connectivity index (χ4n) is 2.61. The molecule has 0 radical (unpaired) electrons. The van der Waals surface area contributed by atoms with Gasteiger partial charge in [0.1, 0.15) is 5.82 Å². The maximum atomic E-state index is 9.55. The summed E-state index contributed by atoms with van der Waals surface area (Å²) in [4.78, 5) is 6.83. The van der Waals surface area contributed by atoms with Crippen molar-refractivity contribution in [2.75, 3.05) is 18.1 Å². The van der Waals surface area contributed by atoms with Crippen LogP contribution in [-0.4, -0.2) is 35.3 Å². The number of aliphatic hydroxyl groups is 1. The average molecular weight is 263 g/mol. The highest BCUT2D eigenvalue weighted by atomic mass is 16.3. The van der Waals surface area contributed by atoms with Crippen molar-refractivity contribution in [3.05, 3.63) is 23.9 Å². The molecule has 1 saturated heterocycles. The molecule has 2 N–H and O–H groups in total. The summed E-state index contributed by atoms with van der Waals surface area (Å²) >= 11 is 0. The minimum absolute atomic E-state index is 0.216. The number of nitrogens with one attached hydrogen (secondary N) is 1. The number of piperidine rings is 1. The Kier molecular flexibility index (Phi) is 5.16.